The van der Waals surface area contributed by atoms with Gasteiger partial charge in [-0.05, 0) is 13.8 Å². The molecule has 1 aromatic rings. The lowest BCUT2D eigenvalue weighted by Gasteiger charge is -2.31. The molecule has 1 aromatic heterocycles. The molecule has 0 aliphatic carbocycles. The summed E-state index contributed by atoms with van der Waals surface area (Å²) in [6.45, 7) is 2.04. The molecular weight excluding hydrogens is 504 g/mol. The number of phosphoric acid groups is 2. The number of Topliss-reactive ketones (excluding diaryl/α,β-unsaturated/α-hetero) is 1. The van der Waals surface area contributed by atoms with Crippen LogP contribution in [-0.4, -0.2) is 67.5 Å². The van der Waals surface area contributed by atoms with Crippen molar-refractivity contribution in [2.24, 2.45) is 5.73 Å². The fourth-order valence-corrected chi connectivity index (χ4v) is 5.52. The Morgan fingerprint density at radius 3 is 2.53 bits per heavy atom. The van der Waals surface area contributed by atoms with Crippen LogP contribution in [0.3, 0.4) is 0 Å². The highest BCUT2D eigenvalue weighted by Crippen LogP contribution is 2.61. The highest BCUT2D eigenvalue weighted by molar-refractivity contribution is 7.61. The van der Waals surface area contributed by atoms with Crippen molar-refractivity contribution in [3.8, 4) is 0 Å². The number of nitrogens with one attached hydrogen (secondary N) is 1. The second kappa shape index (κ2) is 10.2. The predicted molar refractivity (Wildman–Crippen MR) is 110 cm³/mol. The molecule has 34 heavy (non-hydrogen) atoms. The lowest BCUT2D eigenvalue weighted by atomic mass is 10.0. The summed E-state index contributed by atoms with van der Waals surface area (Å²) in [5.74, 6) is -0.447. The number of nitrogens with zero attached hydrogens (tertiary/aromatic N) is 1. The van der Waals surface area contributed by atoms with E-state index in [1.54, 1.807) is 0 Å². The van der Waals surface area contributed by atoms with E-state index in [0.29, 0.717) is 0 Å². The Balaban J connectivity index is 1.57. The third-order valence-electron chi connectivity index (χ3n) is 5.09. The first kappa shape index (κ1) is 27.0. The maximum atomic E-state index is 12.2. The minimum atomic E-state index is -5.22. The minimum Gasteiger partial charge on any atom is -0.390 e. The molecule has 3 rings (SSSR count). The average Bonchev–Trinajstić information content (AvgIpc) is 3.06. The number of aromatic amines is 1. The van der Waals surface area contributed by atoms with Gasteiger partial charge in [-0.3, -0.25) is 28.2 Å². The maximum Gasteiger partial charge on any atom is 0.483 e. The number of phosphoric ester groups is 2. The van der Waals surface area contributed by atoms with Gasteiger partial charge in [-0.1, -0.05) is 0 Å². The summed E-state index contributed by atoms with van der Waals surface area (Å²) in [4.78, 5) is 56.8. The summed E-state index contributed by atoms with van der Waals surface area (Å²) < 4.78 is 49.4. The van der Waals surface area contributed by atoms with Gasteiger partial charge in [-0.25, -0.2) is 13.9 Å². The number of aryl methyl sites for hydroxylation is 1. The van der Waals surface area contributed by atoms with E-state index in [4.69, 9.17) is 15.2 Å². The molecule has 18 heteroatoms. The highest BCUT2D eigenvalue weighted by atomic mass is 31.3. The van der Waals surface area contributed by atoms with Gasteiger partial charge in [0.25, 0.3) is 5.56 Å². The van der Waals surface area contributed by atoms with E-state index in [2.05, 4.69) is 18.3 Å². The lowest BCUT2D eigenvalue weighted by molar-refractivity contribution is -0.171. The lowest BCUT2D eigenvalue weighted by Crippen LogP contribution is -2.48. The molecule has 0 aromatic carbocycles. The standard InChI is InChI=1S/C16H25N3O13P2/c1-7-5-19(16(23)18-15(7)22)12-4-10(20)11(30-12)6-28-33(24,25)32-34(26,27)31-13-3-9(17)14(21)8(2)29-13/h5,8-13,20H,3-4,6,17H2,1-2H3,(H,24,25)(H,26,27)(H,18,22,23)/t8-,9-,10+,11-,12-,13-/m1/s1. The Labute approximate surface area is 191 Å². The predicted octanol–water partition coefficient (Wildman–Crippen LogP) is -1.22. The van der Waals surface area contributed by atoms with Crippen molar-refractivity contribution in [1.82, 2.24) is 9.55 Å². The number of ketones is 1. The smallest absolute Gasteiger partial charge is 0.390 e. The van der Waals surface area contributed by atoms with E-state index in [0.717, 1.165) is 4.57 Å². The molecule has 0 radical (unpaired) electrons. The van der Waals surface area contributed by atoms with Crippen molar-refractivity contribution in [2.75, 3.05) is 6.61 Å². The van der Waals surface area contributed by atoms with Gasteiger partial charge in [0.05, 0.1) is 18.8 Å². The van der Waals surface area contributed by atoms with E-state index in [9.17, 15) is 38.4 Å². The molecule has 2 saturated heterocycles. The van der Waals surface area contributed by atoms with Crippen LogP contribution in [-0.2, 0) is 36.8 Å². The second-order valence-corrected chi connectivity index (χ2v) is 10.8. The van der Waals surface area contributed by atoms with Crippen LogP contribution >= 0.6 is 15.6 Å². The SMILES string of the molecule is Cc1cn([C@H]2C[C@H](O)[C@@H](COP(=O)(O)OP(=O)(O)O[C@@H]3C[C@@H](N)C(=O)[C@@H](C)O3)O2)c(=O)[nH]c1=O. The Kier molecular flexibility index (Phi) is 8.12. The zero-order chi connectivity index (χ0) is 25.4. The normalized spacial score (nSPS) is 33.4. The van der Waals surface area contributed by atoms with Crippen molar-refractivity contribution in [1.29, 1.82) is 0 Å². The molecule has 0 saturated carbocycles. The van der Waals surface area contributed by atoms with Crippen molar-refractivity contribution in [3.05, 3.63) is 32.6 Å². The molecule has 3 heterocycles. The summed E-state index contributed by atoms with van der Waals surface area (Å²) in [6.07, 6.45) is -5.16. The van der Waals surface area contributed by atoms with Gasteiger partial charge in [0.1, 0.15) is 18.4 Å². The topological polar surface area (TPSA) is 239 Å². The van der Waals surface area contributed by atoms with Crippen LogP contribution in [0.15, 0.2) is 15.8 Å². The van der Waals surface area contributed by atoms with Gasteiger partial charge in [0.2, 0.25) is 0 Å². The van der Waals surface area contributed by atoms with Crippen molar-refractivity contribution in [2.45, 2.75) is 63.6 Å². The number of H-pyrrole nitrogens is 1. The Morgan fingerprint density at radius 1 is 1.21 bits per heavy atom. The van der Waals surface area contributed by atoms with E-state index < -0.39 is 76.2 Å². The zero-order valence-corrected chi connectivity index (χ0v) is 19.8. The molecule has 2 aliphatic rings. The molecule has 2 unspecified atom stereocenters. The summed E-state index contributed by atoms with van der Waals surface area (Å²) in [5, 5.41) is 10.2. The number of carbonyl (C=O) groups is 1. The number of rotatable bonds is 8. The highest BCUT2D eigenvalue weighted by Gasteiger charge is 2.43. The van der Waals surface area contributed by atoms with Gasteiger partial charge in [0, 0.05) is 24.6 Å². The fraction of sp³-hybridized carbons (Fsp3) is 0.688. The maximum absolute atomic E-state index is 12.2. The third-order valence-corrected chi connectivity index (χ3v) is 7.72. The molecule has 192 valence electrons. The molecule has 6 N–H and O–H groups in total. The fourth-order valence-electron chi connectivity index (χ4n) is 3.37. The summed E-state index contributed by atoms with van der Waals surface area (Å²) in [7, 11) is -10.4. The van der Waals surface area contributed by atoms with Gasteiger partial charge >= 0.3 is 21.3 Å². The van der Waals surface area contributed by atoms with E-state index >= 15 is 0 Å². The minimum absolute atomic E-state index is 0.117. The first-order valence-corrected chi connectivity index (χ1v) is 13.0. The van der Waals surface area contributed by atoms with E-state index in [1.807, 2.05) is 0 Å². The van der Waals surface area contributed by atoms with Gasteiger partial charge < -0.3 is 30.1 Å². The first-order valence-electron chi connectivity index (χ1n) is 9.97. The van der Waals surface area contributed by atoms with Crippen LogP contribution in [0.25, 0.3) is 0 Å². The first-order chi connectivity index (χ1) is 15.7. The molecular formula is C16H25N3O13P2. The number of ether oxygens (including phenoxy) is 2. The number of hydrogen-bond acceptors (Lipinski definition) is 12. The quantitative estimate of drug-likeness (QED) is 0.248. The number of aromatic nitrogens is 2. The van der Waals surface area contributed by atoms with Crippen LogP contribution < -0.4 is 17.0 Å². The number of aliphatic hydroxyl groups excluding tert-OH is 1. The molecule has 0 bridgehead atoms. The number of carbonyl (C=O) groups excluding carboxylic acids is 1. The molecule has 8 atom stereocenters. The second-order valence-electron chi connectivity index (χ2n) is 7.78. The Morgan fingerprint density at radius 2 is 1.88 bits per heavy atom. The van der Waals surface area contributed by atoms with Crippen molar-refractivity contribution < 1.29 is 51.6 Å². The molecule has 2 fully saturated rings. The Bertz CT molecular complexity index is 1120. The molecule has 2 aliphatic heterocycles. The summed E-state index contributed by atoms with van der Waals surface area (Å²) in [5.41, 5.74) is 4.43. The van der Waals surface area contributed by atoms with Crippen LogP contribution in [0.2, 0.25) is 0 Å². The number of nitrogens with two attached hydrogens (primary N) is 1. The largest absolute Gasteiger partial charge is 0.483 e. The monoisotopic (exact) mass is 529 g/mol. The van der Waals surface area contributed by atoms with E-state index in [1.165, 1.54) is 20.0 Å². The molecule has 0 spiro atoms. The third kappa shape index (κ3) is 6.56. The van der Waals surface area contributed by atoms with Crippen molar-refractivity contribution >= 4 is 21.4 Å². The van der Waals surface area contributed by atoms with Crippen LogP contribution in [0.4, 0.5) is 0 Å². The number of aliphatic hydroxyl groups is 1. The molecule has 16 nitrogen and oxygen atoms in total. The van der Waals surface area contributed by atoms with Crippen molar-refractivity contribution in [3.63, 3.8) is 0 Å². The van der Waals surface area contributed by atoms with Crippen LogP contribution in [0.5, 0.6) is 0 Å². The van der Waals surface area contributed by atoms with Gasteiger partial charge in [0.15, 0.2) is 12.1 Å². The summed E-state index contributed by atoms with van der Waals surface area (Å²) in [6, 6.07) is -1.03. The average molecular weight is 529 g/mol. The van der Waals surface area contributed by atoms with Gasteiger partial charge in [-0.15, -0.1) is 0 Å². The zero-order valence-electron chi connectivity index (χ0n) is 18.0. The molecule has 0 amide bonds. The van der Waals surface area contributed by atoms with Gasteiger partial charge in [-0.2, -0.15) is 4.31 Å². The van der Waals surface area contributed by atoms with E-state index in [-0.39, 0.29) is 18.4 Å². The van der Waals surface area contributed by atoms with Crippen LogP contribution in [0, 0.1) is 6.92 Å². The Hall–Kier alpha value is -1.55. The summed E-state index contributed by atoms with van der Waals surface area (Å²) >= 11 is 0. The van der Waals surface area contributed by atoms with Crippen LogP contribution in [0.1, 0.15) is 31.6 Å². The number of hydrogen-bond donors (Lipinski definition) is 5.